The van der Waals surface area contributed by atoms with Crippen molar-refractivity contribution in [2.45, 2.75) is 19.4 Å². The summed E-state index contributed by atoms with van der Waals surface area (Å²) in [4.78, 5) is 28.7. The molecule has 0 radical (unpaired) electrons. The van der Waals surface area contributed by atoms with Crippen LogP contribution >= 0.6 is 11.6 Å². The van der Waals surface area contributed by atoms with Gasteiger partial charge in [-0.05, 0) is 47.9 Å². The van der Waals surface area contributed by atoms with E-state index >= 15 is 0 Å². The number of methoxy groups -OCH3 is 1. The molecule has 3 aromatic carbocycles. The molecule has 5 nitrogen and oxygen atoms in total. The monoisotopic (exact) mass is 445 g/mol. The maximum atomic E-state index is 13.6. The highest BCUT2D eigenvalue weighted by atomic mass is 35.5. The molecule has 4 aromatic rings. The fourth-order valence-electron chi connectivity index (χ4n) is 4.24. The van der Waals surface area contributed by atoms with Crippen molar-refractivity contribution in [1.82, 2.24) is 0 Å². The lowest BCUT2D eigenvalue weighted by Crippen LogP contribution is -2.29. The van der Waals surface area contributed by atoms with Crippen molar-refractivity contribution in [2.24, 2.45) is 0 Å². The van der Waals surface area contributed by atoms with E-state index in [4.69, 9.17) is 20.8 Å². The molecular weight excluding hydrogens is 426 g/mol. The molecule has 6 heteroatoms. The van der Waals surface area contributed by atoms with E-state index < -0.39 is 6.04 Å². The van der Waals surface area contributed by atoms with Crippen LogP contribution in [0.4, 0.5) is 5.69 Å². The molecule has 1 aliphatic rings. The summed E-state index contributed by atoms with van der Waals surface area (Å²) in [6, 6.07) is 19.4. The molecule has 1 aliphatic heterocycles. The van der Waals surface area contributed by atoms with Crippen LogP contribution in [0.25, 0.3) is 11.0 Å². The zero-order chi connectivity index (χ0) is 22.4. The van der Waals surface area contributed by atoms with Gasteiger partial charge in [-0.2, -0.15) is 0 Å². The van der Waals surface area contributed by atoms with Gasteiger partial charge in [0, 0.05) is 5.69 Å². The highest BCUT2D eigenvalue weighted by Crippen LogP contribution is 2.42. The lowest BCUT2D eigenvalue weighted by Gasteiger charge is -2.26. The minimum absolute atomic E-state index is 0.0604. The zero-order valence-electron chi connectivity index (χ0n) is 17.6. The van der Waals surface area contributed by atoms with Gasteiger partial charge in [-0.15, -0.1) is 0 Å². The van der Waals surface area contributed by atoms with Gasteiger partial charge in [-0.3, -0.25) is 14.5 Å². The van der Waals surface area contributed by atoms with Gasteiger partial charge in [0.05, 0.1) is 29.1 Å². The Bertz CT molecular complexity index is 1410. The second-order valence-electron chi connectivity index (χ2n) is 7.66. The Morgan fingerprint density at radius 2 is 1.78 bits per heavy atom. The Balaban J connectivity index is 1.77. The third-order valence-corrected chi connectivity index (χ3v) is 6.19. The molecule has 0 fully saturated rings. The minimum Gasteiger partial charge on any atom is -0.495 e. The molecule has 0 N–H and O–H groups in total. The molecular formula is C26H20ClNO4. The lowest BCUT2D eigenvalue weighted by atomic mass is 9.97. The van der Waals surface area contributed by atoms with Crippen LogP contribution in [0, 0.1) is 0 Å². The Morgan fingerprint density at radius 3 is 2.47 bits per heavy atom. The number of amides is 1. The Labute approximate surface area is 189 Å². The molecule has 0 saturated carbocycles. The lowest BCUT2D eigenvalue weighted by molar-refractivity contribution is 0.0971. The molecule has 0 saturated heterocycles. The largest absolute Gasteiger partial charge is 0.495 e. The Morgan fingerprint density at radius 1 is 1.03 bits per heavy atom. The van der Waals surface area contributed by atoms with Crippen molar-refractivity contribution >= 4 is 34.2 Å². The first-order valence-electron chi connectivity index (χ1n) is 10.3. The number of rotatable bonds is 4. The normalized spacial score (nSPS) is 15.3. The molecule has 2 heterocycles. The van der Waals surface area contributed by atoms with E-state index in [9.17, 15) is 9.59 Å². The van der Waals surface area contributed by atoms with Gasteiger partial charge < -0.3 is 9.15 Å². The summed E-state index contributed by atoms with van der Waals surface area (Å²) < 4.78 is 11.2. The van der Waals surface area contributed by atoms with Gasteiger partial charge in [0.2, 0.25) is 5.76 Å². The smallest absolute Gasteiger partial charge is 0.295 e. The number of benzene rings is 3. The van der Waals surface area contributed by atoms with E-state index in [0.717, 1.165) is 12.0 Å². The predicted molar refractivity (Wildman–Crippen MR) is 125 cm³/mol. The van der Waals surface area contributed by atoms with Crippen molar-refractivity contribution in [2.75, 3.05) is 12.0 Å². The van der Waals surface area contributed by atoms with Gasteiger partial charge >= 0.3 is 0 Å². The zero-order valence-corrected chi connectivity index (χ0v) is 18.3. The Kier molecular flexibility index (Phi) is 4.98. The second-order valence-corrected chi connectivity index (χ2v) is 8.07. The number of carbonyl (C=O) groups excluding carboxylic acids is 1. The van der Waals surface area contributed by atoms with Crippen LogP contribution in [-0.2, 0) is 6.42 Å². The summed E-state index contributed by atoms with van der Waals surface area (Å²) in [5.41, 5.74) is 3.07. The maximum absolute atomic E-state index is 13.6. The number of carbonyl (C=O) groups is 1. The number of nitrogens with zero attached hydrogens (tertiary/aromatic N) is 1. The second kappa shape index (κ2) is 7.84. The summed E-state index contributed by atoms with van der Waals surface area (Å²) in [6.45, 7) is 2.08. The summed E-state index contributed by atoms with van der Waals surface area (Å²) >= 11 is 6.37. The molecule has 1 aromatic heterocycles. The Hall–Kier alpha value is -3.57. The first-order chi connectivity index (χ1) is 15.5. The molecule has 160 valence electrons. The summed E-state index contributed by atoms with van der Waals surface area (Å²) in [5, 5.41) is 0.821. The first kappa shape index (κ1) is 20.3. The van der Waals surface area contributed by atoms with Gasteiger partial charge in [0.25, 0.3) is 5.91 Å². The number of hydrogen-bond acceptors (Lipinski definition) is 4. The molecule has 0 aliphatic carbocycles. The van der Waals surface area contributed by atoms with Crippen molar-refractivity contribution < 1.29 is 13.9 Å². The van der Waals surface area contributed by atoms with Crippen LogP contribution in [0.1, 0.15) is 40.2 Å². The maximum Gasteiger partial charge on any atom is 0.295 e. The molecule has 0 spiro atoms. The number of hydrogen-bond donors (Lipinski definition) is 0. The van der Waals surface area contributed by atoms with Crippen LogP contribution < -0.4 is 15.1 Å². The van der Waals surface area contributed by atoms with Crippen LogP contribution in [-0.4, -0.2) is 13.0 Å². The van der Waals surface area contributed by atoms with E-state index in [-0.39, 0.29) is 17.1 Å². The number of ether oxygens (including phenoxy) is 1. The number of aryl methyl sites for hydroxylation is 1. The fraction of sp³-hybridized carbons (Fsp3) is 0.154. The number of fused-ring (bicyclic) bond motifs is 2. The van der Waals surface area contributed by atoms with E-state index in [1.54, 1.807) is 47.4 Å². The molecule has 1 amide bonds. The summed E-state index contributed by atoms with van der Waals surface area (Å²) in [7, 11) is 1.53. The van der Waals surface area contributed by atoms with Crippen molar-refractivity contribution in [1.29, 1.82) is 0 Å². The first-order valence-corrected chi connectivity index (χ1v) is 10.7. The van der Waals surface area contributed by atoms with Gasteiger partial charge in [0.15, 0.2) is 5.43 Å². The van der Waals surface area contributed by atoms with Crippen molar-refractivity contribution in [3.63, 3.8) is 0 Å². The average Bonchev–Trinajstić information content (AvgIpc) is 3.11. The quantitative estimate of drug-likeness (QED) is 0.400. The van der Waals surface area contributed by atoms with Crippen LogP contribution in [0.15, 0.2) is 75.9 Å². The topological polar surface area (TPSA) is 59.8 Å². The number of halogens is 1. The minimum atomic E-state index is -0.631. The van der Waals surface area contributed by atoms with Crippen LogP contribution in [0.3, 0.4) is 0 Å². The molecule has 5 rings (SSSR count). The summed E-state index contributed by atoms with van der Waals surface area (Å²) in [6.07, 6.45) is 0.894. The standard InChI is InChI=1S/C26H20ClNO4/c1-3-15-8-10-16(11-9-15)23-22-24(29)18-6-4-5-7-20(18)32-25(22)26(30)28(23)17-12-13-21(31-2)19(27)14-17/h4-14,23H,3H2,1-2H3. The van der Waals surface area contributed by atoms with Crippen LogP contribution in [0.2, 0.25) is 5.02 Å². The van der Waals surface area contributed by atoms with Gasteiger partial charge in [-0.25, -0.2) is 0 Å². The predicted octanol–water partition coefficient (Wildman–Crippen LogP) is 5.77. The van der Waals surface area contributed by atoms with E-state index in [1.807, 2.05) is 24.3 Å². The SMILES string of the molecule is CCc1ccc(C2c3c(oc4ccccc4c3=O)C(=O)N2c2ccc(OC)c(Cl)c2)cc1. The summed E-state index contributed by atoms with van der Waals surface area (Å²) in [5.74, 6) is 0.183. The van der Waals surface area contributed by atoms with Crippen molar-refractivity contribution in [3.05, 3.63) is 104 Å². The molecule has 1 unspecified atom stereocenters. The van der Waals surface area contributed by atoms with Crippen molar-refractivity contribution in [3.8, 4) is 5.75 Å². The highest BCUT2D eigenvalue weighted by molar-refractivity contribution is 6.32. The van der Waals surface area contributed by atoms with Gasteiger partial charge in [0.1, 0.15) is 11.3 Å². The molecule has 32 heavy (non-hydrogen) atoms. The third-order valence-electron chi connectivity index (χ3n) is 5.89. The van der Waals surface area contributed by atoms with E-state index in [1.165, 1.54) is 12.7 Å². The number of anilines is 1. The fourth-order valence-corrected chi connectivity index (χ4v) is 4.49. The highest BCUT2D eigenvalue weighted by Gasteiger charge is 2.43. The van der Waals surface area contributed by atoms with E-state index in [0.29, 0.717) is 33.0 Å². The van der Waals surface area contributed by atoms with Crippen LogP contribution in [0.5, 0.6) is 5.75 Å². The number of para-hydroxylation sites is 1. The molecule has 0 bridgehead atoms. The average molecular weight is 446 g/mol. The van der Waals surface area contributed by atoms with Gasteiger partial charge in [-0.1, -0.05) is 54.9 Å². The van der Waals surface area contributed by atoms with E-state index in [2.05, 4.69) is 6.92 Å². The third kappa shape index (κ3) is 3.09. The molecule has 1 atom stereocenters.